The number of anilines is 1. The van der Waals surface area contributed by atoms with Gasteiger partial charge < -0.3 is 5.32 Å². The van der Waals surface area contributed by atoms with Gasteiger partial charge in [0.15, 0.2) is 0 Å². The summed E-state index contributed by atoms with van der Waals surface area (Å²) in [5.74, 6) is 0. The molecule has 1 aromatic carbocycles. The van der Waals surface area contributed by atoms with Crippen LogP contribution in [0, 0.1) is 20.8 Å². The standard InChI is InChI=1S/C14H17BrN2S/c1-8-5-6-13(12(15)7-8)17-10(3)14-9(2)16-11(4)18-14/h5-7,10,17H,1-4H3. The maximum Gasteiger partial charge on any atom is 0.0900 e. The number of nitrogens with zero attached hydrogens (tertiary/aromatic N) is 1. The van der Waals surface area contributed by atoms with E-state index in [1.54, 1.807) is 11.3 Å². The van der Waals surface area contributed by atoms with Gasteiger partial charge in [-0.05, 0) is 61.3 Å². The third-order valence-electron chi connectivity index (χ3n) is 2.83. The van der Waals surface area contributed by atoms with Crippen molar-refractivity contribution in [2.24, 2.45) is 0 Å². The first-order valence-corrected chi connectivity index (χ1v) is 7.55. The minimum atomic E-state index is 0.273. The van der Waals surface area contributed by atoms with Crippen molar-refractivity contribution < 1.29 is 0 Å². The highest BCUT2D eigenvalue weighted by molar-refractivity contribution is 9.10. The summed E-state index contributed by atoms with van der Waals surface area (Å²) in [5.41, 5.74) is 3.50. The Morgan fingerprint density at radius 1 is 1.28 bits per heavy atom. The van der Waals surface area contributed by atoms with Crippen LogP contribution in [-0.4, -0.2) is 4.98 Å². The van der Waals surface area contributed by atoms with E-state index in [9.17, 15) is 0 Å². The highest BCUT2D eigenvalue weighted by Gasteiger charge is 2.13. The molecular formula is C14H17BrN2S. The van der Waals surface area contributed by atoms with Crippen molar-refractivity contribution in [1.29, 1.82) is 0 Å². The van der Waals surface area contributed by atoms with Gasteiger partial charge in [0.1, 0.15) is 0 Å². The van der Waals surface area contributed by atoms with Gasteiger partial charge in [-0.1, -0.05) is 6.07 Å². The predicted octanol–water partition coefficient (Wildman–Crippen LogP) is 5.00. The molecule has 96 valence electrons. The van der Waals surface area contributed by atoms with E-state index in [-0.39, 0.29) is 6.04 Å². The molecule has 0 spiro atoms. The Morgan fingerprint density at radius 3 is 2.56 bits per heavy atom. The summed E-state index contributed by atoms with van der Waals surface area (Å²) in [6.07, 6.45) is 0. The first-order valence-electron chi connectivity index (χ1n) is 5.94. The second-order valence-electron chi connectivity index (χ2n) is 4.53. The molecule has 0 aliphatic carbocycles. The summed E-state index contributed by atoms with van der Waals surface area (Å²) in [4.78, 5) is 5.78. The molecule has 1 atom stereocenters. The van der Waals surface area contributed by atoms with Gasteiger partial charge in [-0.3, -0.25) is 0 Å². The second-order valence-corrected chi connectivity index (χ2v) is 6.62. The Labute approximate surface area is 121 Å². The summed E-state index contributed by atoms with van der Waals surface area (Å²) in [6.45, 7) is 8.39. The van der Waals surface area contributed by atoms with E-state index in [0.717, 1.165) is 20.9 Å². The number of aromatic nitrogens is 1. The van der Waals surface area contributed by atoms with Crippen molar-refractivity contribution in [3.63, 3.8) is 0 Å². The molecule has 2 nitrogen and oxygen atoms in total. The fourth-order valence-electron chi connectivity index (χ4n) is 1.98. The van der Waals surface area contributed by atoms with Crippen LogP contribution in [0.2, 0.25) is 0 Å². The molecule has 0 radical (unpaired) electrons. The fourth-order valence-corrected chi connectivity index (χ4v) is 3.52. The molecule has 0 amide bonds. The highest BCUT2D eigenvalue weighted by atomic mass is 79.9. The third kappa shape index (κ3) is 2.93. The van der Waals surface area contributed by atoms with Crippen molar-refractivity contribution in [2.75, 3.05) is 5.32 Å². The van der Waals surface area contributed by atoms with E-state index >= 15 is 0 Å². The minimum absolute atomic E-state index is 0.273. The van der Waals surface area contributed by atoms with E-state index in [2.05, 4.69) is 72.1 Å². The van der Waals surface area contributed by atoms with Gasteiger partial charge in [0.2, 0.25) is 0 Å². The van der Waals surface area contributed by atoms with Gasteiger partial charge in [0.05, 0.1) is 16.7 Å². The van der Waals surface area contributed by atoms with Crippen LogP contribution in [0.1, 0.15) is 34.1 Å². The van der Waals surface area contributed by atoms with Crippen LogP contribution in [0.4, 0.5) is 5.69 Å². The topological polar surface area (TPSA) is 24.9 Å². The van der Waals surface area contributed by atoms with E-state index < -0.39 is 0 Å². The number of hydrogen-bond acceptors (Lipinski definition) is 3. The molecule has 4 heteroatoms. The third-order valence-corrected chi connectivity index (χ3v) is 4.74. The normalized spacial score (nSPS) is 12.5. The summed E-state index contributed by atoms with van der Waals surface area (Å²) in [6, 6.07) is 6.62. The van der Waals surface area contributed by atoms with Crippen molar-refractivity contribution in [2.45, 2.75) is 33.7 Å². The first-order chi connectivity index (χ1) is 8.47. The van der Waals surface area contributed by atoms with Crippen molar-refractivity contribution >= 4 is 33.0 Å². The Bertz CT molecular complexity index is 563. The molecule has 2 rings (SSSR count). The van der Waals surface area contributed by atoms with Crippen LogP contribution in [0.25, 0.3) is 0 Å². The zero-order chi connectivity index (χ0) is 13.3. The van der Waals surface area contributed by atoms with E-state index in [1.807, 2.05) is 0 Å². The van der Waals surface area contributed by atoms with E-state index in [0.29, 0.717) is 0 Å². The maximum atomic E-state index is 4.48. The summed E-state index contributed by atoms with van der Waals surface area (Å²) >= 11 is 5.36. The zero-order valence-corrected chi connectivity index (χ0v) is 13.4. The van der Waals surface area contributed by atoms with Crippen molar-refractivity contribution in [1.82, 2.24) is 4.98 Å². The van der Waals surface area contributed by atoms with Crippen LogP contribution in [0.3, 0.4) is 0 Å². The number of aryl methyl sites for hydroxylation is 3. The lowest BCUT2D eigenvalue weighted by Gasteiger charge is -2.16. The minimum Gasteiger partial charge on any atom is -0.377 e. The highest BCUT2D eigenvalue weighted by Crippen LogP contribution is 2.31. The lowest BCUT2D eigenvalue weighted by molar-refractivity contribution is 0.888. The monoisotopic (exact) mass is 324 g/mol. The van der Waals surface area contributed by atoms with Crippen LogP contribution in [0.15, 0.2) is 22.7 Å². The smallest absolute Gasteiger partial charge is 0.0900 e. The molecule has 18 heavy (non-hydrogen) atoms. The number of nitrogens with one attached hydrogen (secondary N) is 1. The van der Waals surface area contributed by atoms with Crippen molar-refractivity contribution in [3.8, 4) is 0 Å². The number of thiazole rings is 1. The lowest BCUT2D eigenvalue weighted by Crippen LogP contribution is -2.06. The Hall–Kier alpha value is -0.870. The summed E-state index contributed by atoms with van der Waals surface area (Å²) in [5, 5.41) is 4.66. The molecule has 0 bridgehead atoms. The number of benzene rings is 1. The van der Waals surface area contributed by atoms with Gasteiger partial charge >= 0.3 is 0 Å². The lowest BCUT2D eigenvalue weighted by atomic mass is 10.2. The second kappa shape index (κ2) is 5.41. The number of hydrogen-bond donors (Lipinski definition) is 1. The zero-order valence-electron chi connectivity index (χ0n) is 11.0. The van der Waals surface area contributed by atoms with Gasteiger partial charge in [-0.15, -0.1) is 11.3 Å². The van der Waals surface area contributed by atoms with E-state index in [1.165, 1.54) is 10.4 Å². The van der Waals surface area contributed by atoms with Crippen LogP contribution in [0.5, 0.6) is 0 Å². The van der Waals surface area contributed by atoms with Crippen LogP contribution in [-0.2, 0) is 0 Å². The van der Waals surface area contributed by atoms with E-state index in [4.69, 9.17) is 0 Å². The first kappa shape index (κ1) is 13.6. The molecule has 0 fully saturated rings. The summed E-state index contributed by atoms with van der Waals surface area (Å²) < 4.78 is 1.10. The maximum absolute atomic E-state index is 4.48. The molecule has 0 saturated carbocycles. The molecule has 2 aromatic rings. The average molecular weight is 325 g/mol. The van der Waals surface area contributed by atoms with Gasteiger partial charge in [-0.25, -0.2) is 4.98 Å². The number of halogens is 1. The Balaban J connectivity index is 2.21. The molecule has 0 aliphatic heterocycles. The summed E-state index contributed by atoms with van der Waals surface area (Å²) in [7, 11) is 0. The Morgan fingerprint density at radius 2 is 2.00 bits per heavy atom. The van der Waals surface area contributed by atoms with Gasteiger partial charge in [-0.2, -0.15) is 0 Å². The Kier molecular flexibility index (Phi) is 4.07. The molecule has 1 aromatic heterocycles. The molecule has 1 unspecified atom stereocenters. The molecule has 1 N–H and O–H groups in total. The molecule has 1 heterocycles. The van der Waals surface area contributed by atoms with Gasteiger partial charge in [0.25, 0.3) is 0 Å². The fraction of sp³-hybridized carbons (Fsp3) is 0.357. The van der Waals surface area contributed by atoms with Crippen LogP contribution < -0.4 is 5.32 Å². The SMILES string of the molecule is Cc1ccc(NC(C)c2sc(C)nc2C)c(Br)c1. The molecular weight excluding hydrogens is 308 g/mol. The average Bonchev–Trinajstić information content (AvgIpc) is 2.62. The molecule has 0 saturated heterocycles. The predicted molar refractivity (Wildman–Crippen MR) is 82.5 cm³/mol. The van der Waals surface area contributed by atoms with Crippen molar-refractivity contribution in [3.05, 3.63) is 43.8 Å². The van der Waals surface area contributed by atoms with Gasteiger partial charge in [0, 0.05) is 15.0 Å². The largest absolute Gasteiger partial charge is 0.377 e. The molecule has 0 aliphatic rings. The van der Waals surface area contributed by atoms with Crippen LogP contribution >= 0.6 is 27.3 Å². The quantitative estimate of drug-likeness (QED) is 0.858. The number of rotatable bonds is 3.